The molecule has 1 aromatic heterocycles. The molecule has 0 saturated heterocycles. The molecule has 1 aromatic carbocycles. The molecule has 0 aliphatic rings. The van der Waals surface area contributed by atoms with Gasteiger partial charge in [-0.3, -0.25) is 4.79 Å². The first-order valence-corrected chi connectivity index (χ1v) is 4.38. The summed E-state index contributed by atoms with van der Waals surface area (Å²) in [5, 5.41) is 9.57. The van der Waals surface area contributed by atoms with Gasteiger partial charge in [-0.2, -0.15) is 0 Å². The van der Waals surface area contributed by atoms with Crippen LogP contribution in [0.3, 0.4) is 0 Å². The van der Waals surface area contributed by atoms with Crippen molar-refractivity contribution in [3.63, 3.8) is 0 Å². The maximum absolute atomic E-state index is 11.5. The van der Waals surface area contributed by atoms with Gasteiger partial charge in [0, 0.05) is 6.07 Å². The van der Waals surface area contributed by atoms with Gasteiger partial charge in [0.05, 0.1) is 5.39 Å². The number of phenols is 1. The third-order valence-corrected chi connectivity index (χ3v) is 2.26. The molecule has 0 amide bonds. The molecule has 0 bridgehead atoms. The van der Waals surface area contributed by atoms with Crippen molar-refractivity contribution < 1.29 is 9.52 Å². The molecule has 4 heteroatoms. The Hall–Kier alpha value is -1.29. The van der Waals surface area contributed by atoms with Gasteiger partial charge in [0.15, 0.2) is 0 Å². The molecule has 0 spiro atoms. The molecule has 2 rings (SSSR count). The third-order valence-electron chi connectivity index (χ3n) is 1.72. The quantitative estimate of drug-likeness (QED) is 0.769. The molecule has 0 atom stereocenters. The highest BCUT2D eigenvalue weighted by atomic mass is 79.9. The van der Waals surface area contributed by atoms with Gasteiger partial charge < -0.3 is 9.52 Å². The smallest absolute Gasteiger partial charge is 0.206 e. The zero-order valence-corrected chi connectivity index (χ0v) is 8.04. The molecule has 0 unspecified atom stereocenters. The molecule has 3 nitrogen and oxygen atoms in total. The third kappa shape index (κ3) is 1.33. The summed E-state index contributed by atoms with van der Waals surface area (Å²) in [5.74, 6) is 0.0815. The molecule has 0 radical (unpaired) electrons. The van der Waals surface area contributed by atoms with Gasteiger partial charge in [0.1, 0.15) is 22.1 Å². The van der Waals surface area contributed by atoms with E-state index < -0.39 is 0 Å². The van der Waals surface area contributed by atoms with E-state index in [0.717, 1.165) is 0 Å². The lowest BCUT2D eigenvalue weighted by molar-refractivity contribution is 0.474. The van der Waals surface area contributed by atoms with Gasteiger partial charge in [-0.1, -0.05) is 0 Å². The number of phenolic OH excluding ortho intramolecular Hbond substituents is 1. The van der Waals surface area contributed by atoms with Gasteiger partial charge in [-0.15, -0.1) is 0 Å². The molecular weight excluding hydrogens is 236 g/mol. The first kappa shape index (κ1) is 8.31. The van der Waals surface area contributed by atoms with Crippen LogP contribution in [-0.4, -0.2) is 5.11 Å². The average Bonchev–Trinajstić information content (AvgIpc) is 2.12. The van der Waals surface area contributed by atoms with E-state index in [1.54, 1.807) is 0 Å². The topological polar surface area (TPSA) is 50.4 Å². The number of fused-ring (bicyclic) bond motifs is 1. The molecule has 13 heavy (non-hydrogen) atoms. The number of hydrogen-bond acceptors (Lipinski definition) is 3. The Bertz CT molecular complexity index is 516. The van der Waals surface area contributed by atoms with Gasteiger partial charge in [0.2, 0.25) is 5.43 Å². The first-order chi connectivity index (χ1) is 6.18. The van der Waals surface area contributed by atoms with Gasteiger partial charge in [0.25, 0.3) is 0 Å². The number of aromatic hydroxyl groups is 1. The van der Waals surface area contributed by atoms with E-state index >= 15 is 0 Å². The van der Waals surface area contributed by atoms with Crippen LogP contribution in [0.15, 0.2) is 38.1 Å². The van der Waals surface area contributed by atoms with Crippen LogP contribution in [0.1, 0.15) is 0 Å². The lowest BCUT2D eigenvalue weighted by atomic mass is 10.2. The average molecular weight is 241 g/mol. The zero-order valence-electron chi connectivity index (χ0n) is 6.45. The second kappa shape index (κ2) is 2.88. The maximum atomic E-state index is 11.5. The molecule has 1 heterocycles. The Morgan fingerprint density at radius 3 is 2.92 bits per heavy atom. The van der Waals surface area contributed by atoms with Crippen LogP contribution in [0.5, 0.6) is 5.75 Å². The van der Waals surface area contributed by atoms with E-state index in [1.807, 2.05) is 0 Å². The minimum Gasteiger partial charge on any atom is -0.508 e. The van der Waals surface area contributed by atoms with E-state index in [2.05, 4.69) is 15.9 Å². The van der Waals surface area contributed by atoms with Crippen LogP contribution < -0.4 is 5.43 Å². The number of halogens is 1. The van der Waals surface area contributed by atoms with E-state index in [-0.39, 0.29) is 11.2 Å². The minimum absolute atomic E-state index is 0.0815. The standard InChI is InChI=1S/C9H5BrO3/c10-7-4-13-8-3-5(11)1-2-6(8)9(7)12/h1-4,11H. The predicted molar refractivity (Wildman–Crippen MR) is 51.8 cm³/mol. The monoisotopic (exact) mass is 240 g/mol. The lowest BCUT2D eigenvalue weighted by Crippen LogP contribution is -2.00. The Labute approximate surface area is 81.7 Å². The summed E-state index contributed by atoms with van der Waals surface area (Å²) >= 11 is 3.07. The summed E-state index contributed by atoms with van der Waals surface area (Å²) in [4.78, 5) is 11.5. The molecule has 2 aromatic rings. The molecule has 0 saturated carbocycles. The highest BCUT2D eigenvalue weighted by Gasteiger charge is 2.04. The fourth-order valence-corrected chi connectivity index (χ4v) is 1.40. The first-order valence-electron chi connectivity index (χ1n) is 3.58. The highest BCUT2D eigenvalue weighted by molar-refractivity contribution is 9.10. The Kier molecular flexibility index (Phi) is 1.84. The van der Waals surface area contributed by atoms with Crippen molar-refractivity contribution in [2.75, 3.05) is 0 Å². The van der Waals surface area contributed by atoms with E-state index in [0.29, 0.717) is 15.4 Å². The van der Waals surface area contributed by atoms with Crippen LogP contribution in [0, 0.1) is 0 Å². The summed E-state index contributed by atoms with van der Waals surface area (Å²) in [6.07, 6.45) is 1.31. The SMILES string of the molecule is O=c1c(Br)coc2cc(O)ccc12. The fraction of sp³-hybridized carbons (Fsp3) is 0. The zero-order chi connectivity index (χ0) is 9.42. The van der Waals surface area contributed by atoms with Crippen molar-refractivity contribution in [3.05, 3.63) is 39.2 Å². The Balaban J connectivity index is 2.95. The predicted octanol–water partition coefficient (Wildman–Crippen LogP) is 2.26. The highest BCUT2D eigenvalue weighted by Crippen LogP contribution is 2.18. The van der Waals surface area contributed by atoms with Crippen LogP contribution >= 0.6 is 15.9 Å². The number of benzene rings is 1. The van der Waals surface area contributed by atoms with Crippen LogP contribution in [-0.2, 0) is 0 Å². The normalized spacial score (nSPS) is 10.5. The summed E-state index contributed by atoms with van der Waals surface area (Å²) in [5.41, 5.74) is 0.245. The van der Waals surface area contributed by atoms with Gasteiger partial charge >= 0.3 is 0 Å². The molecule has 0 aliphatic carbocycles. The second-order valence-electron chi connectivity index (χ2n) is 2.59. The number of hydrogen-bond donors (Lipinski definition) is 1. The van der Waals surface area contributed by atoms with Crippen LogP contribution in [0.2, 0.25) is 0 Å². The molecule has 0 aliphatic heterocycles. The second-order valence-corrected chi connectivity index (χ2v) is 3.45. The Morgan fingerprint density at radius 1 is 1.38 bits per heavy atom. The molecular formula is C9H5BrO3. The number of rotatable bonds is 0. The van der Waals surface area contributed by atoms with Gasteiger partial charge in [-0.25, -0.2) is 0 Å². The van der Waals surface area contributed by atoms with Crippen LogP contribution in [0.4, 0.5) is 0 Å². The summed E-state index contributed by atoms with van der Waals surface area (Å²) in [7, 11) is 0. The molecule has 66 valence electrons. The van der Waals surface area contributed by atoms with Crippen molar-refractivity contribution in [2.45, 2.75) is 0 Å². The Morgan fingerprint density at radius 2 is 2.15 bits per heavy atom. The van der Waals surface area contributed by atoms with Gasteiger partial charge in [-0.05, 0) is 28.1 Å². The van der Waals surface area contributed by atoms with Crippen molar-refractivity contribution >= 4 is 26.9 Å². The van der Waals surface area contributed by atoms with Crippen molar-refractivity contribution in [1.82, 2.24) is 0 Å². The maximum Gasteiger partial charge on any atom is 0.206 e. The molecule has 0 fully saturated rings. The summed E-state index contributed by atoms with van der Waals surface area (Å²) in [6, 6.07) is 4.39. The van der Waals surface area contributed by atoms with E-state index in [9.17, 15) is 4.79 Å². The molecule has 1 N–H and O–H groups in total. The lowest BCUT2D eigenvalue weighted by Gasteiger charge is -1.97. The largest absolute Gasteiger partial charge is 0.508 e. The van der Waals surface area contributed by atoms with Crippen molar-refractivity contribution in [1.29, 1.82) is 0 Å². The van der Waals surface area contributed by atoms with Crippen LogP contribution in [0.25, 0.3) is 11.0 Å². The summed E-state index contributed by atoms with van der Waals surface area (Å²) in [6.45, 7) is 0. The summed E-state index contributed by atoms with van der Waals surface area (Å²) < 4.78 is 5.48. The van der Waals surface area contributed by atoms with Crippen molar-refractivity contribution in [3.8, 4) is 5.75 Å². The van der Waals surface area contributed by atoms with Crippen molar-refractivity contribution in [2.24, 2.45) is 0 Å². The van der Waals surface area contributed by atoms with E-state index in [1.165, 1.54) is 24.5 Å². The minimum atomic E-state index is -0.138. The fourth-order valence-electron chi connectivity index (χ4n) is 1.09. The van der Waals surface area contributed by atoms with E-state index in [4.69, 9.17) is 9.52 Å².